The van der Waals surface area contributed by atoms with E-state index in [4.69, 9.17) is 11.5 Å². The lowest BCUT2D eigenvalue weighted by Crippen LogP contribution is -2.42. The standard InChI is InChI=1S/C47H42FN3/c1-44(2,3)29-19-21-34-32-14-7-10-16-37(32)46(50,41(34)25-29)39-23-28(31-13-9-12-18-43(31)48)24-40(36(39)27-49)47(51)38-17-11-8-15-33(38)35-22-20-30(26-42(35)47)45(4,5)6/h7-26H,50-51H2,1-6H3. The van der Waals surface area contributed by atoms with E-state index in [2.05, 4.69) is 108 Å². The summed E-state index contributed by atoms with van der Waals surface area (Å²) in [5.74, 6) is -0.360. The molecule has 0 heterocycles. The molecule has 252 valence electrons. The van der Waals surface area contributed by atoms with Crippen LogP contribution in [0.25, 0.3) is 33.4 Å². The fourth-order valence-corrected chi connectivity index (χ4v) is 8.37. The van der Waals surface area contributed by atoms with Gasteiger partial charge in [-0.25, -0.2) is 4.39 Å². The average molecular weight is 668 g/mol. The van der Waals surface area contributed by atoms with E-state index >= 15 is 4.39 Å². The smallest absolute Gasteiger partial charge is 0.131 e. The van der Waals surface area contributed by atoms with Gasteiger partial charge in [-0.15, -0.1) is 0 Å². The minimum Gasteiger partial charge on any atom is -0.314 e. The SMILES string of the molecule is CC(C)(C)c1ccc2c(c1)C(N)(c1cc(-c3ccccc3F)cc(C3(N)c4ccccc4-c4ccc(C(C)(C)C)cc43)c1C#N)c1ccccc1-2. The Kier molecular flexibility index (Phi) is 7.13. The Bertz CT molecular complexity index is 2310. The average Bonchev–Trinajstić information content (AvgIpc) is 3.53. The van der Waals surface area contributed by atoms with E-state index in [-0.39, 0.29) is 16.6 Å². The second kappa shape index (κ2) is 11.1. The number of benzene rings is 6. The number of nitrogens with two attached hydrogens (primary N) is 2. The van der Waals surface area contributed by atoms with Gasteiger partial charge in [0.15, 0.2) is 0 Å². The molecule has 2 aliphatic rings. The summed E-state index contributed by atoms with van der Waals surface area (Å²) in [5, 5.41) is 11.4. The van der Waals surface area contributed by atoms with Gasteiger partial charge in [-0.05, 0) is 101 Å². The van der Waals surface area contributed by atoms with Crippen molar-refractivity contribution in [3.05, 3.63) is 177 Å². The minimum absolute atomic E-state index is 0.147. The molecule has 0 fully saturated rings. The summed E-state index contributed by atoms with van der Waals surface area (Å²) < 4.78 is 15.9. The normalized spacial score (nSPS) is 18.8. The van der Waals surface area contributed by atoms with Gasteiger partial charge in [-0.1, -0.05) is 145 Å². The molecule has 51 heavy (non-hydrogen) atoms. The molecule has 0 aliphatic heterocycles. The van der Waals surface area contributed by atoms with Crippen LogP contribution in [-0.4, -0.2) is 0 Å². The molecule has 2 unspecified atom stereocenters. The predicted molar refractivity (Wildman–Crippen MR) is 206 cm³/mol. The Balaban J connectivity index is 1.53. The lowest BCUT2D eigenvalue weighted by Gasteiger charge is -2.35. The van der Waals surface area contributed by atoms with Crippen LogP contribution < -0.4 is 11.5 Å². The van der Waals surface area contributed by atoms with Gasteiger partial charge in [0.05, 0.1) is 22.7 Å². The van der Waals surface area contributed by atoms with Crippen LogP contribution in [0.2, 0.25) is 0 Å². The van der Waals surface area contributed by atoms with Gasteiger partial charge in [-0.3, -0.25) is 0 Å². The summed E-state index contributed by atoms with van der Waals surface area (Å²) >= 11 is 0. The maximum atomic E-state index is 15.9. The van der Waals surface area contributed by atoms with Crippen molar-refractivity contribution in [2.24, 2.45) is 11.5 Å². The third-order valence-corrected chi connectivity index (χ3v) is 11.2. The van der Waals surface area contributed by atoms with Crippen LogP contribution >= 0.6 is 0 Å². The molecule has 8 rings (SSSR count). The first-order chi connectivity index (χ1) is 24.2. The van der Waals surface area contributed by atoms with E-state index in [9.17, 15) is 5.26 Å². The van der Waals surface area contributed by atoms with Crippen LogP contribution in [0.4, 0.5) is 4.39 Å². The molecule has 0 saturated heterocycles. The number of nitrogens with zero attached hydrogens (tertiary/aromatic N) is 1. The molecule has 6 aromatic carbocycles. The third-order valence-electron chi connectivity index (χ3n) is 11.2. The van der Waals surface area contributed by atoms with Crippen molar-refractivity contribution < 1.29 is 4.39 Å². The van der Waals surface area contributed by atoms with Crippen molar-refractivity contribution in [3.8, 4) is 39.4 Å². The lowest BCUT2D eigenvalue weighted by molar-refractivity contribution is 0.584. The first-order valence-corrected chi connectivity index (χ1v) is 17.6. The minimum atomic E-state index is -1.24. The van der Waals surface area contributed by atoms with Crippen LogP contribution in [0.1, 0.15) is 91.6 Å². The first kappa shape index (κ1) is 32.8. The molecule has 0 aromatic heterocycles. The fraction of sp³-hybridized carbons (Fsp3) is 0.213. The van der Waals surface area contributed by atoms with Crippen molar-refractivity contribution in [2.75, 3.05) is 0 Å². The Labute approximate surface area is 300 Å². The topological polar surface area (TPSA) is 75.8 Å². The van der Waals surface area contributed by atoms with E-state index < -0.39 is 11.1 Å². The molecule has 2 atom stereocenters. The quantitative estimate of drug-likeness (QED) is 0.197. The molecule has 0 radical (unpaired) electrons. The monoisotopic (exact) mass is 667 g/mol. The van der Waals surface area contributed by atoms with Gasteiger partial charge in [0.2, 0.25) is 0 Å². The van der Waals surface area contributed by atoms with Gasteiger partial charge >= 0.3 is 0 Å². The molecule has 0 saturated carbocycles. The summed E-state index contributed by atoms with van der Waals surface area (Å²) in [7, 11) is 0. The summed E-state index contributed by atoms with van der Waals surface area (Å²) in [6, 6.07) is 42.6. The van der Waals surface area contributed by atoms with E-state index in [0.29, 0.717) is 27.8 Å². The Morgan fingerprint density at radius 1 is 0.490 bits per heavy atom. The summed E-state index contributed by atoms with van der Waals surface area (Å²) in [6.45, 7) is 13.1. The third kappa shape index (κ3) is 4.69. The molecule has 0 bridgehead atoms. The molecule has 4 heteroatoms. The molecule has 6 aromatic rings. The summed E-state index contributed by atoms with van der Waals surface area (Å²) in [6.07, 6.45) is 0. The number of hydrogen-bond acceptors (Lipinski definition) is 3. The zero-order valence-electron chi connectivity index (χ0n) is 30.0. The summed E-state index contributed by atoms with van der Waals surface area (Å²) in [5.41, 5.74) is 25.6. The Hall–Kier alpha value is -5.34. The van der Waals surface area contributed by atoms with Crippen molar-refractivity contribution in [1.82, 2.24) is 0 Å². The number of halogens is 1. The van der Waals surface area contributed by atoms with Crippen LogP contribution in [-0.2, 0) is 21.9 Å². The summed E-state index contributed by atoms with van der Waals surface area (Å²) in [4.78, 5) is 0. The van der Waals surface area contributed by atoms with Crippen molar-refractivity contribution in [3.63, 3.8) is 0 Å². The van der Waals surface area contributed by atoms with Gasteiger partial charge in [-0.2, -0.15) is 5.26 Å². The second-order valence-corrected chi connectivity index (χ2v) is 16.3. The molecular formula is C47H42FN3. The van der Waals surface area contributed by atoms with Crippen LogP contribution in [0, 0.1) is 17.1 Å². The van der Waals surface area contributed by atoms with Gasteiger partial charge in [0.25, 0.3) is 0 Å². The van der Waals surface area contributed by atoms with Crippen molar-refractivity contribution in [2.45, 2.75) is 63.5 Å². The molecule has 3 nitrogen and oxygen atoms in total. The van der Waals surface area contributed by atoms with Crippen LogP contribution in [0.15, 0.2) is 121 Å². The largest absolute Gasteiger partial charge is 0.314 e. The molecule has 0 spiro atoms. The number of hydrogen-bond donors (Lipinski definition) is 2. The van der Waals surface area contributed by atoms with Crippen LogP contribution in [0.3, 0.4) is 0 Å². The predicted octanol–water partition coefficient (Wildman–Crippen LogP) is 10.4. The zero-order valence-corrected chi connectivity index (χ0v) is 30.0. The highest BCUT2D eigenvalue weighted by atomic mass is 19.1. The highest BCUT2D eigenvalue weighted by Gasteiger charge is 2.48. The van der Waals surface area contributed by atoms with E-state index in [0.717, 1.165) is 55.6 Å². The first-order valence-electron chi connectivity index (χ1n) is 17.6. The molecular weight excluding hydrogens is 626 g/mol. The Morgan fingerprint density at radius 3 is 1.29 bits per heavy atom. The zero-order chi connectivity index (χ0) is 36.1. The van der Waals surface area contributed by atoms with E-state index in [1.54, 1.807) is 12.1 Å². The molecule has 2 aliphatic carbocycles. The molecule has 4 N–H and O–H groups in total. The van der Waals surface area contributed by atoms with Crippen LogP contribution in [0.5, 0.6) is 0 Å². The Morgan fingerprint density at radius 2 is 0.882 bits per heavy atom. The maximum Gasteiger partial charge on any atom is 0.131 e. The molecule has 0 amide bonds. The van der Waals surface area contributed by atoms with E-state index in [1.165, 1.54) is 6.07 Å². The van der Waals surface area contributed by atoms with Gasteiger partial charge < -0.3 is 11.5 Å². The van der Waals surface area contributed by atoms with Gasteiger partial charge in [0.1, 0.15) is 5.82 Å². The van der Waals surface area contributed by atoms with Crippen molar-refractivity contribution >= 4 is 0 Å². The van der Waals surface area contributed by atoms with E-state index in [1.807, 2.05) is 42.5 Å². The lowest BCUT2D eigenvalue weighted by atomic mass is 9.71. The van der Waals surface area contributed by atoms with Gasteiger partial charge in [0, 0.05) is 5.56 Å². The number of fused-ring (bicyclic) bond motifs is 6. The highest BCUT2D eigenvalue weighted by molar-refractivity contribution is 5.88. The van der Waals surface area contributed by atoms with Crippen molar-refractivity contribution in [1.29, 1.82) is 5.26 Å². The number of nitriles is 1. The second-order valence-electron chi connectivity index (χ2n) is 16.3. The number of rotatable bonds is 3. The fourth-order valence-electron chi connectivity index (χ4n) is 8.37. The highest BCUT2D eigenvalue weighted by Crippen LogP contribution is 2.55. The maximum absolute atomic E-state index is 15.9.